The van der Waals surface area contributed by atoms with Crippen molar-refractivity contribution in [2.24, 2.45) is 0 Å². The van der Waals surface area contributed by atoms with Gasteiger partial charge in [-0.2, -0.15) is 0 Å². The first-order valence-electron chi connectivity index (χ1n) is 5.90. The van der Waals surface area contributed by atoms with Crippen LogP contribution >= 0.6 is 0 Å². The van der Waals surface area contributed by atoms with Crippen LogP contribution in [0.1, 0.15) is 26.3 Å². The van der Waals surface area contributed by atoms with Crippen molar-refractivity contribution in [2.45, 2.75) is 26.4 Å². The highest BCUT2D eigenvalue weighted by Gasteiger charge is 2.17. The van der Waals surface area contributed by atoms with Gasteiger partial charge in [0.05, 0.1) is 5.56 Å². The minimum absolute atomic E-state index is 0.305. The summed E-state index contributed by atoms with van der Waals surface area (Å²) in [5, 5.41) is 2.04. The predicted molar refractivity (Wildman–Crippen MR) is 76.0 cm³/mol. The Labute approximate surface area is 107 Å². The van der Waals surface area contributed by atoms with Crippen molar-refractivity contribution in [1.29, 1.82) is 0 Å². The first-order chi connectivity index (χ1) is 8.38. The first kappa shape index (κ1) is 12.4. The monoisotopic (exact) mass is 242 g/mol. The Kier molecular flexibility index (Phi) is 2.99. The molecule has 3 heteroatoms. The van der Waals surface area contributed by atoms with Crippen molar-refractivity contribution in [2.75, 3.05) is 5.73 Å². The number of nitrogens with zero attached hydrogens (tertiary/aromatic N) is 1. The maximum atomic E-state index is 5.95. The van der Waals surface area contributed by atoms with Gasteiger partial charge in [-0.25, -0.2) is 4.98 Å². The van der Waals surface area contributed by atoms with E-state index in [2.05, 4.69) is 11.6 Å². The van der Waals surface area contributed by atoms with Gasteiger partial charge in [-0.3, -0.25) is 0 Å². The number of benzene rings is 1. The number of hydrogen-bond donors (Lipinski definition) is 1. The third kappa shape index (κ3) is 2.45. The number of nitrogens with two attached hydrogens (primary N) is 1. The van der Waals surface area contributed by atoms with Crippen LogP contribution in [0.2, 0.25) is 0 Å². The smallest absolute Gasteiger partial charge is 0.135 e. The lowest BCUT2D eigenvalue weighted by Gasteiger charge is -2.24. The summed E-state index contributed by atoms with van der Waals surface area (Å²) in [7, 11) is 0. The topological polar surface area (TPSA) is 48.1 Å². The number of pyridine rings is 1. The number of aromatic nitrogens is 1. The SMILES string of the molecule is C=C(OC(C)(C)C)c1c(N)ncc2ccccc12. The van der Waals surface area contributed by atoms with E-state index in [0.29, 0.717) is 11.6 Å². The molecule has 1 heterocycles. The van der Waals surface area contributed by atoms with E-state index in [9.17, 15) is 0 Å². The number of nitrogen functional groups attached to an aromatic ring is 1. The lowest BCUT2D eigenvalue weighted by atomic mass is 10.1. The van der Waals surface area contributed by atoms with Crippen LogP contribution in [0.25, 0.3) is 16.5 Å². The van der Waals surface area contributed by atoms with Crippen LogP contribution in [-0.2, 0) is 4.74 Å². The highest BCUT2D eigenvalue weighted by Crippen LogP contribution is 2.30. The van der Waals surface area contributed by atoms with E-state index < -0.39 is 0 Å². The van der Waals surface area contributed by atoms with Crippen LogP contribution in [0.5, 0.6) is 0 Å². The molecule has 0 aliphatic carbocycles. The molecule has 0 saturated carbocycles. The molecule has 0 radical (unpaired) electrons. The third-order valence-corrected chi connectivity index (χ3v) is 2.54. The Hall–Kier alpha value is -2.03. The Morgan fingerprint density at radius 2 is 1.94 bits per heavy atom. The molecule has 0 unspecified atom stereocenters. The molecule has 0 fully saturated rings. The third-order valence-electron chi connectivity index (χ3n) is 2.54. The molecule has 0 saturated heterocycles. The summed E-state index contributed by atoms with van der Waals surface area (Å²) in [4.78, 5) is 4.20. The normalized spacial score (nSPS) is 11.5. The molecular formula is C15H18N2O. The number of anilines is 1. The molecule has 0 amide bonds. The van der Waals surface area contributed by atoms with Gasteiger partial charge >= 0.3 is 0 Å². The van der Waals surface area contributed by atoms with E-state index in [4.69, 9.17) is 10.5 Å². The van der Waals surface area contributed by atoms with Crippen LogP contribution in [0.4, 0.5) is 5.82 Å². The minimum Gasteiger partial charge on any atom is -0.488 e. The lowest BCUT2D eigenvalue weighted by Crippen LogP contribution is -2.18. The molecule has 1 aromatic carbocycles. The van der Waals surface area contributed by atoms with Crippen LogP contribution < -0.4 is 5.73 Å². The molecule has 2 aromatic rings. The molecule has 3 nitrogen and oxygen atoms in total. The van der Waals surface area contributed by atoms with Crippen molar-refractivity contribution >= 4 is 22.3 Å². The molecular weight excluding hydrogens is 224 g/mol. The second kappa shape index (κ2) is 4.33. The molecule has 0 atom stereocenters. The Morgan fingerprint density at radius 3 is 2.61 bits per heavy atom. The first-order valence-corrected chi connectivity index (χ1v) is 5.90. The maximum Gasteiger partial charge on any atom is 0.135 e. The zero-order chi connectivity index (χ0) is 13.3. The van der Waals surface area contributed by atoms with Gasteiger partial charge in [-0.15, -0.1) is 0 Å². The lowest BCUT2D eigenvalue weighted by molar-refractivity contribution is 0.0979. The van der Waals surface area contributed by atoms with E-state index >= 15 is 0 Å². The van der Waals surface area contributed by atoms with E-state index in [0.717, 1.165) is 16.3 Å². The van der Waals surface area contributed by atoms with Gasteiger partial charge in [0, 0.05) is 11.6 Å². The fraction of sp³-hybridized carbons (Fsp3) is 0.267. The van der Waals surface area contributed by atoms with Crippen molar-refractivity contribution < 1.29 is 4.74 Å². The van der Waals surface area contributed by atoms with E-state index in [1.54, 1.807) is 6.20 Å². The Balaban J connectivity index is 2.56. The maximum absolute atomic E-state index is 5.95. The zero-order valence-electron chi connectivity index (χ0n) is 11.0. The molecule has 1 aromatic heterocycles. The van der Waals surface area contributed by atoms with Gasteiger partial charge in [-0.05, 0) is 26.2 Å². The summed E-state index contributed by atoms with van der Waals surface area (Å²) in [6, 6.07) is 7.93. The molecule has 0 aliphatic heterocycles. The quantitative estimate of drug-likeness (QED) is 0.818. The standard InChI is InChI=1S/C15H18N2O/c1-10(18-15(2,3)4)13-12-8-6-5-7-11(12)9-17-14(13)16/h5-9H,1H2,2-4H3,(H2,16,17). The number of rotatable bonds is 2. The molecule has 2 N–H and O–H groups in total. The second-order valence-corrected chi connectivity index (χ2v) is 5.24. The molecule has 0 spiro atoms. The van der Waals surface area contributed by atoms with Gasteiger partial charge in [0.15, 0.2) is 0 Å². The number of ether oxygens (including phenoxy) is 1. The summed E-state index contributed by atoms with van der Waals surface area (Å²) in [5.41, 5.74) is 6.43. The van der Waals surface area contributed by atoms with Gasteiger partial charge in [0.1, 0.15) is 17.2 Å². The molecule has 94 valence electrons. The average Bonchev–Trinajstić information content (AvgIpc) is 2.26. The summed E-state index contributed by atoms with van der Waals surface area (Å²) in [6.07, 6.45) is 1.76. The fourth-order valence-corrected chi connectivity index (χ4v) is 1.89. The molecule has 0 bridgehead atoms. The van der Waals surface area contributed by atoms with Gasteiger partial charge in [0.25, 0.3) is 0 Å². The summed E-state index contributed by atoms with van der Waals surface area (Å²) < 4.78 is 5.80. The number of hydrogen-bond acceptors (Lipinski definition) is 3. The van der Waals surface area contributed by atoms with Crippen molar-refractivity contribution in [3.8, 4) is 0 Å². The zero-order valence-corrected chi connectivity index (χ0v) is 11.0. The van der Waals surface area contributed by atoms with Crippen molar-refractivity contribution in [1.82, 2.24) is 4.98 Å². The van der Waals surface area contributed by atoms with Gasteiger partial charge in [0.2, 0.25) is 0 Å². The van der Waals surface area contributed by atoms with E-state index in [-0.39, 0.29) is 5.60 Å². The minimum atomic E-state index is -0.305. The average molecular weight is 242 g/mol. The summed E-state index contributed by atoms with van der Waals surface area (Å²) in [5.74, 6) is 1.01. The van der Waals surface area contributed by atoms with Crippen LogP contribution in [0.3, 0.4) is 0 Å². The summed E-state index contributed by atoms with van der Waals surface area (Å²) in [6.45, 7) is 9.92. The molecule has 0 aliphatic rings. The van der Waals surface area contributed by atoms with Gasteiger partial charge in [-0.1, -0.05) is 30.8 Å². The van der Waals surface area contributed by atoms with E-state index in [1.165, 1.54) is 0 Å². The van der Waals surface area contributed by atoms with Crippen LogP contribution in [-0.4, -0.2) is 10.6 Å². The van der Waals surface area contributed by atoms with Crippen LogP contribution in [0, 0.1) is 0 Å². The fourth-order valence-electron chi connectivity index (χ4n) is 1.89. The highest BCUT2D eigenvalue weighted by molar-refractivity contribution is 5.95. The van der Waals surface area contributed by atoms with Crippen LogP contribution in [0.15, 0.2) is 37.0 Å². The second-order valence-electron chi connectivity index (χ2n) is 5.24. The largest absolute Gasteiger partial charge is 0.488 e. The van der Waals surface area contributed by atoms with Crippen molar-refractivity contribution in [3.05, 3.63) is 42.6 Å². The van der Waals surface area contributed by atoms with Crippen molar-refractivity contribution in [3.63, 3.8) is 0 Å². The summed E-state index contributed by atoms with van der Waals surface area (Å²) >= 11 is 0. The highest BCUT2D eigenvalue weighted by atomic mass is 16.5. The number of fused-ring (bicyclic) bond motifs is 1. The Bertz CT molecular complexity index is 597. The molecule has 2 rings (SSSR count). The Morgan fingerprint density at radius 1 is 1.28 bits per heavy atom. The molecule has 18 heavy (non-hydrogen) atoms. The predicted octanol–water partition coefficient (Wildman–Crippen LogP) is 3.60. The van der Waals surface area contributed by atoms with E-state index in [1.807, 2.05) is 45.0 Å². The van der Waals surface area contributed by atoms with Gasteiger partial charge < -0.3 is 10.5 Å².